The van der Waals surface area contributed by atoms with Gasteiger partial charge in [0.2, 0.25) is 0 Å². The molecule has 6 heteroatoms. The summed E-state index contributed by atoms with van der Waals surface area (Å²) in [6.45, 7) is 0. The number of nitrogens with one attached hydrogen (secondary N) is 1. The summed E-state index contributed by atoms with van der Waals surface area (Å²) in [5, 5.41) is 3.90. The van der Waals surface area contributed by atoms with E-state index in [4.69, 9.17) is 4.74 Å². The van der Waals surface area contributed by atoms with E-state index in [0.717, 1.165) is 15.9 Å². The molecule has 0 fully saturated rings. The number of esters is 1. The zero-order valence-electron chi connectivity index (χ0n) is 8.35. The maximum Gasteiger partial charge on any atom is 0.350 e. The summed E-state index contributed by atoms with van der Waals surface area (Å²) in [6.07, 6.45) is 3.27. The van der Waals surface area contributed by atoms with Crippen LogP contribution in [0, 0.1) is 0 Å². The van der Waals surface area contributed by atoms with Gasteiger partial charge in [0.05, 0.1) is 24.5 Å². The fourth-order valence-electron chi connectivity index (χ4n) is 1.65. The molecule has 0 amide bonds. The number of nitrogens with zero attached hydrogens (tertiary/aromatic N) is 2. The number of rotatable bonds is 1. The number of aliphatic imine (C=N–C) groups is 1. The molecule has 0 spiro atoms. The Morgan fingerprint density at radius 2 is 2.44 bits per heavy atom. The van der Waals surface area contributed by atoms with Crippen LogP contribution in [0.4, 0.5) is 11.4 Å². The van der Waals surface area contributed by atoms with E-state index in [9.17, 15) is 4.79 Å². The molecule has 2 aromatic rings. The van der Waals surface area contributed by atoms with Gasteiger partial charge in [-0.25, -0.2) is 14.8 Å². The number of hydrogen-bond acceptors (Lipinski definition) is 6. The Bertz CT molecular complexity index is 618. The molecule has 0 unspecified atom stereocenters. The van der Waals surface area contributed by atoms with Crippen molar-refractivity contribution >= 4 is 45.2 Å². The Morgan fingerprint density at radius 1 is 1.56 bits per heavy atom. The second-order valence-corrected chi connectivity index (χ2v) is 4.21. The van der Waals surface area contributed by atoms with Gasteiger partial charge in [-0.3, -0.25) is 0 Å². The molecule has 0 atom stereocenters. The van der Waals surface area contributed by atoms with Gasteiger partial charge >= 0.3 is 5.97 Å². The lowest BCUT2D eigenvalue weighted by Crippen LogP contribution is -2.02. The van der Waals surface area contributed by atoms with Gasteiger partial charge < -0.3 is 10.1 Å². The number of thiophene rings is 1. The van der Waals surface area contributed by atoms with Crippen molar-refractivity contribution in [3.63, 3.8) is 0 Å². The molecule has 1 N–H and O–H groups in total. The number of aromatic nitrogens is 1. The molecule has 0 bridgehead atoms. The smallest absolute Gasteiger partial charge is 0.350 e. The summed E-state index contributed by atoms with van der Waals surface area (Å²) in [7, 11) is 1.36. The molecular weight excluding hydrogens is 226 g/mol. The lowest BCUT2D eigenvalue weighted by atomic mass is 10.2. The van der Waals surface area contributed by atoms with Gasteiger partial charge in [-0.15, -0.1) is 11.3 Å². The molecule has 0 saturated heterocycles. The van der Waals surface area contributed by atoms with Crippen LogP contribution in [-0.2, 0) is 4.74 Å². The van der Waals surface area contributed by atoms with Crippen LogP contribution in [0.3, 0.4) is 0 Å². The van der Waals surface area contributed by atoms with E-state index in [1.807, 2.05) is 6.07 Å². The minimum Gasteiger partial charge on any atom is -0.465 e. The second kappa shape index (κ2) is 3.28. The minimum absolute atomic E-state index is 0.372. The van der Waals surface area contributed by atoms with Gasteiger partial charge in [-0.2, -0.15) is 0 Å². The summed E-state index contributed by atoms with van der Waals surface area (Å²) >= 11 is 1.30. The molecule has 0 radical (unpaired) electrons. The fraction of sp³-hybridized carbons (Fsp3) is 0.100. The Labute approximate surface area is 94.8 Å². The zero-order chi connectivity index (χ0) is 11.1. The first-order valence-electron chi connectivity index (χ1n) is 4.60. The predicted octanol–water partition coefficient (Wildman–Crippen LogP) is 2.17. The maximum absolute atomic E-state index is 11.6. The third kappa shape index (κ3) is 1.13. The topological polar surface area (TPSA) is 63.6 Å². The van der Waals surface area contributed by atoms with Crippen molar-refractivity contribution in [2.75, 3.05) is 12.4 Å². The zero-order valence-corrected chi connectivity index (χ0v) is 9.17. The van der Waals surface area contributed by atoms with Crippen molar-refractivity contribution in [3.8, 4) is 0 Å². The van der Waals surface area contributed by atoms with E-state index >= 15 is 0 Å². The van der Waals surface area contributed by atoms with E-state index in [-0.39, 0.29) is 5.97 Å². The number of carbonyl (C=O) groups excluding carboxylic acids is 1. The number of pyridine rings is 1. The summed E-state index contributed by atoms with van der Waals surface area (Å²) in [5.41, 5.74) is 1.56. The third-order valence-corrected chi connectivity index (χ3v) is 3.42. The molecule has 3 heterocycles. The number of ether oxygens (including phenoxy) is 1. The van der Waals surface area contributed by atoms with Crippen LogP contribution in [0.5, 0.6) is 0 Å². The summed E-state index contributed by atoms with van der Waals surface area (Å²) in [4.78, 5) is 21.2. The molecule has 5 nitrogen and oxygen atoms in total. The first kappa shape index (κ1) is 9.29. The van der Waals surface area contributed by atoms with Gasteiger partial charge in [0, 0.05) is 6.20 Å². The van der Waals surface area contributed by atoms with Crippen LogP contribution < -0.4 is 5.32 Å². The Balaban J connectivity index is 2.38. The summed E-state index contributed by atoms with van der Waals surface area (Å²) in [6, 6.07) is 1.85. The molecule has 1 aliphatic rings. The van der Waals surface area contributed by atoms with Crippen molar-refractivity contribution in [2.45, 2.75) is 0 Å². The van der Waals surface area contributed by atoms with E-state index in [0.29, 0.717) is 10.6 Å². The van der Waals surface area contributed by atoms with E-state index in [1.165, 1.54) is 18.4 Å². The minimum atomic E-state index is -0.372. The van der Waals surface area contributed by atoms with Gasteiger partial charge in [0.25, 0.3) is 0 Å². The molecule has 16 heavy (non-hydrogen) atoms. The molecule has 1 aliphatic heterocycles. The number of hydrogen-bond donors (Lipinski definition) is 1. The largest absolute Gasteiger partial charge is 0.465 e. The van der Waals surface area contributed by atoms with E-state index in [1.54, 1.807) is 12.5 Å². The monoisotopic (exact) mass is 233 g/mol. The SMILES string of the molecule is COC(=O)c1sc2nccc3c2c1N=CN3. The quantitative estimate of drug-likeness (QED) is 0.767. The molecule has 0 aliphatic carbocycles. The van der Waals surface area contributed by atoms with E-state index < -0.39 is 0 Å². The number of carbonyl (C=O) groups is 1. The molecular formula is C10H7N3O2S. The predicted molar refractivity (Wildman–Crippen MR) is 62.7 cm³/mol. The first-order valence-corrected chi connectivity index (χ1v) is 5.42. The summed E-state index contributed by atoms with van der Waals surface area (Å²) < 4.78 is 4.72. The van der Waals surface area contributed by atoms with Crippen molar-refractivity contribution in [3.05, 3.63) is 17.1 Å². The first-order chi connectivity index (χ1) is 7.81. The van der Waals surface area contributed by atoms with Crippen molar-refractivity contribution in [1.29, 1.82) is 0 Å². The number of anilines is 1. The van der Waals surface area contributed by atoms with Crippen LogP contribution in [0.1, 0.15) is 9.67 Å². The lowest BCUT2D eigenvalue weighted by molar-refractivity contribution is 0.0607. The highest BCUT2D eigenvalue weighted by atomic mass is 32.1. The van der Waals surface area contributed by atoms with Gasteiger partial charge in [-0.1, -0.05) is 0 Å². The average Bonchev–Trinajstić information content (AvgIpc) is 2.70. The second-order valence-electron chi connectivity index (χ2n) is 3.21. The summed E-state index contributed by atoms with van der Waals surface area (Å²) in [5.74, 6) is -0.372. The molecule has 3 rings (SSSR count). The normalized spacial score (nSPS) is 12.6. The lowest BCUT2D eigenvalue weighted by Gasteiger charge is -2.07. The van der Waals surface area contributed by atoms with Crippen LogP contribution in [-0.4, -0.2) is 24.4 Å². The van der Waals surface area contributed by atoms with Crippen LogP contribution in [0.15, 0.2) is 17.3 Å². The Hall–Kier alpha value is -1.95. The Morgan fingerprint density at radius 3 is 3.25 bits per heavy atom. The molecule has 80 valence electrons. The van der Waals surface area contributed by atoms with Gasteiger partial charge in [0.1, 0.15) is 15.4 Å². The van der Waals surface area contributed by atoms with Gasteiger partial charge in [0.15, 0.2) is 0 Å². The van der Waals surface area contributed by atoms with Crippen molar-refractivity contribution in [1.82, 2.24) is 4.98 Å². The highest BCUT2D eigenvalue weighted by molar-refractivity contribution is 7.21. The van der Waals surface area contributed by atoms with Crippen LogP contribution >= 0.6 is 11.3 Å². The van der Waals surface area contributed by atoms with Crippen molar-refractivity contribution < 1.29 is 9.53 Å². The number of methoxy groups -OCH3 is 1. The molecule has 0 saturated carbocycles. The highest BCUT2D eigenvalue weighted by Crippen LogP contribution is 2.42. The fourth-order valence-corrected chi connectivity index (χ4v) is 2.68. The standard InChI is InChI=1S/C10H7N3O2S/c1-15-10(14)8-7-6-5(12-4-13-7)2-3-11-9(6)16-8/h2-4H,1H3,(H,12,13). The Kier molecular flexibility index (Phi) is 1.90. The van der Waals surface area contributed by atoms with Crippen LogP contribution in [0.2, 0.25) is 0 Å². The average molecular weight is 233 g/mol. The third-order valence-electron chi connectivity index (χ3n) is 2.35. The molecule has 0 aromatic carbocycles. The van der Waals surface area contributed by atoms with Crippen LogP contribution in [0.25, 0.3) is 10.2 Å². The van der Waals surface area contributed by atoms with Gasteiger partial charge in [-0.05, 0) is 6.07 Å². The highest BCUT2D eigenvalue weighted by Gasteiger charge is 2.22. The maximum atomic E-state index is 11.6. The van der Waals surface area contributed by atoms with E-state index in [2.05, 4.69) is 15.3 Å². The van der Waals surface area contributed by atoms with Crippen molar-refractivity contribution in [2.24, 2.45) is 4.99 Å². The molecule has 2 aromatic heterocycles.